The first kappa shape index (κ1) is 17.2. The van der Waals surface area contributed by atoms with Gasteiger partial charge in [-0.05, 0) is 18.6 Å². The standard InChI is InChI=1S/C12H9F3N2O5/c1-2-21-10(18)5-7-3-8(6-16)11(22-12(13,14)15)9(4-7)17(19)20/h3-4H,2,5H2,1H3. The second-order valence-electron chi connectivity index (χ2n) is 3.89. The molecule has 0 unspecified atom stereocenters. The van der Waals surface area contributed by atoms with Gasteiger partial charge in [0.2, 0.25) is 5.75 Å². The van der Waals surface area contributed by atoms with Crippen LogP contribution in [0.2, 0.25) is 0 Å². The first-order chi connectivity index (χ1) is 10.2. The van der Waals surface area contributed by atoms with Crippen LogP contribution < -0.4 is 4.74 Å². The predicted octanol–water partition coefficient (Wildman–Crippen LogP) is 2.47. The normalized spacial score (nSPS) is 10.7. The second-order valence-corrected chi connectivity index (χ2v) is 3.89. The van der Waals surface area contributed by atoms with Gasteiger partial charge in [0.05, 0.1) is 18.0 Å². The number of hydrogen-bond acceptors (Lipinski definition) is 6. The van der Waals surface area contributed by atoms with Crippen LogP contribution >= 0.6 is 0 Å². The van der Waals surface area contributed by atoms with Crippen LogP contribution in [0.25, 0.3) is 0 Å². The van der Waals surface area contributed by atoms with Gasteiger partial charge in [-0.3, -0.25) is 14.9 Å². The van der Waals surface area contributed by atoms with Crippen molar-refractivity contribution in [1.29, 1.82) is 5.26 Å². The van der Waals surface area contributed by atoms with E-state index in [4.69, 9.17) is 5.26 Å². The molecule has 0 spiro atoms. The van der Waals surface area contributed by atoms with Crippen molar-refractivity contribution in [1.82, 2.24) is 0 Å². The molecule has 118 valence electrons. The molecular formula is C12H9F3N2O5. The average Bonchev–Trinajstić information content (AvgIpc) is 2.38. The number of ether oxygens (including phenoxy) is 2. The lowest BCUT2D eigenvalue weighted by Gasteiger charge is -2.11. The van der Waals surface area contributed by atoms with Gasteiger partial charge in [-0.25, -0.2) is 0 Å². The van der Waals surface area contributed by atoms with Crippen LogP contribution in [0.5, 0.6) is 5.75 Å². The summed E-state index contributed by atoms with van der Waals surface area (Å²) in [5, 5.41) is 19.7. The molecule has 0 heterocycles. The molecule has 0 amide bonds. The molecular weight excluding hydrogens is 309 g/mol. The van der Waals surface area contributed by atoms with Crippen molar-refractivity contribution in [3.8, 4) is 11.8 Å². The van der Waals surface area contributed by atoms with E-state index in [0.29, 0.717) is 0 Å². The summed E-state index contributed by atoms with van der Waals surface area (Å²) in [5.74, 6) is -1.95. The van der Waals surface area contributed by atoms with Gasteiger partial charge in [0.1, 0.15) is 11.6 Å². The molecule has 0 saturated carbocycles. The van der Waals surface area contributed by atoms with Crippen LogP contribution in [0.3, 0.4) is 0 Å². The van der Waals surface area contributed by atoms with E-state index in [1.54, 1.807) is 6.92 Å². The van der Waals surface area contributed by atoms with Gasteiger partial charge in [0.25, 0.3) is 0 Å². The minimum absolute atomic E-state index is 0.0313. The third kappa shape index (κ3) is 4.62. The van der Waals surface area contributed by atoms with Gasteiger partial charge in [0, 0.05) is 6.07 Å². The average molecular weight is 318 g/mol. The maximum atomic E-state index is 12.3. The predicted molar refractivity (Wildman–Crippen MR) is 64.8 cm³/mol. The van der Waals surface area contributed by atoms with Crippen molar-refractivity contribution in [3.63, 3.8) is 0 Å². The van der Waals surface area contributed by atoms with E-state index in [9.17, 15) is 28.1 Å². The highest BCUT2D eigenvalue weighted by atomic mass is 19.4. The molecule has 0 bridgehead atoms. The Morgan fingerprint density at radius 2 is 2.09 bits per heavy atom. The lowest BCUT2D eigenvalue weighted by Crippen LogP contribution is -2.19. The van der Waals surface area contributed by atoms with Crippen LogP contribution in [0.1, 0.15) is 18.1 Å². The van der Waals surface area contributed by atoms with Crippen molar-refractivity contribution >= 4 is 11.7 Å². The highest BCUT2D eigenvalue weighted by molar-refractivity contribution is 5.74. The summed E-state index contributed by atoms with van der Waals surface area (Å²) in [6.07, 6.45) is -5.62. The molecule has 0 radical (unpaired) electrons. The number of carbonyl (C=O) groups is 1. The Hall–Kier alpha value is -2.83. The van der Waals surface area contributed by atoms with Gasteiger partial charge in [-0.2, -0.15) is 5.26 Å². The van der Waals surface area contributed by atoms with Crippen LogP contribution in [0.4, 0.5) is 18.9 Å². The molecule has 0 saturated heterocycles. The van der Waals surface area contributed by atoms with Gasteiger partial charge >= 0.3 is 18.0 Å². The number of nitrogens with zero attached hydrogens (tertiary/aromatic N) is 2. The number of esters is 1. The Morgan fingerprint density at radius 3 is 2.55 bits per heavy atom. The summed E-state index contributed by atoms with van der Waals surface area (Å²) in [7, 11) is 0. The Morgan fingerprint density at radius 1 is 1.45 bits per heavy atom. The maximum Gasteiger partial charge on any atom is 0.573 e. The van der Waals surface area contributed by atoms with Crippen molar-refractivity contribution in [3.05, 3.63) is 33.4 Å². The highest BCUT2D eigenvalue weighted by Crippen LogP contribution is 2.36. The van der Waals surface area contributed by atoms with Gasteiger partial charge in [-0.15, -0.1) is 13.2 Å². The highest BCUT2D eigenvalue weighted by Gasteiger charge is 2.36. The zero-order valence-corrected chi connectivity index (χ0v) is 11.1. The second kappa shape index (κ2) is 6.75. The molecule has 0 aromatic heterocycles. The number of carbonyl (C=O) groups excluding carboxylic acids is 1. The lowest BCUT2D eigenvalue weighted by atomic mass is 10.1. The topological polar surface area (TPSA) is 102 Å². The van der Waals surface area contributed by atoms with Gasteiger partial charge < -0.3 is 9.47 Å². The third-order valence-corrected chi connectivity index (χ3v) is 2.32. The smallest absolute Gasteiger partial charge is 0.466 e. The van der Waals surface area contributed by atoms with E-state index in [-0.39, 0.29) is 12.2 Å². The SMILES string of the molecule is CCOC(=O)Cc1cc(C#N)c(OC(F)(F)F)c([N+](=O)[O-])c1. The van der Waals surface area contributed by atoms with Gasteiger partial charge in [0.15, 0.2) is 0 Å². The van der Waals surface area contributed by atoms with E-state index in [1.807, 2.05) is 0 Å². The zero-order chi connectivity index (χ0) is 16.9. The fourth-order valence-electron chi connectivity index (χ4n) is 1.59. The van der Waals surface area contributed by atoms with Gasteiger partial charge in [-0.1, -0.05) is 0 Å². The molecule has 1 aromatic rings. The fraction of sp³-hybridized carbons (Fsp3) is 0.333. The number of nitro groups is 1. The molecule has 0 atom stereocenters. The first-order valence-corrected chi connectivity index (χ1v) is 5.80. The van der Waals surface area contributed by atoms with Crippen LogP contribution in [-0.2, 0) is 16.0 Å². The molecule has 7 nitrogen and oxygen atoms in total. The largest absolute Gasteiger partial charge is 0.573 e. The van der Waals surface area contributed by atoms with Crippen LogP contribution in [0.15, 0.2) is 12.1 Å². The Labute approximate surface area is 122 Å². The number of alkyl halides is 3. The summed E-state index contributed by atoms with van der Waals surface area (Å²) in [4.78, 5) is 21.1. The number of nitro benzene ring substituents is 1. The molecule has 1 aromatic carbocycles. The maximum absolute atomic E-state index is 12.3. The quantitative estimate of drug-likeness (QED) is 0.469. The molecule has 22 heavy (non-hydrogen) atoms. The lowest BCUT2D eigenvalue weighted by molar-refractivity contribution is -0.388. The number of halogens is 3. The van der Waals surface area contributed by atoms with Crippen molar-refractivity contribution in [2.24, 2.45) is 0 Å². The van der Waals surface area contributed by atoms with Crippen molar-refractivity contribution in [2.75, 3.05) is 6.61 Å². The number of rotatable bonds is 5. The Balaban J connectivity index is 3.32. The molecule has 0 aliphatic heterocycles. The first-order valence-electron chi connectivity index (χ1n) is 5.80. The summed E-state index contributed by atoms with van der Waals surface area (Å²) in [6.45, 7) is 1.61. The monoisotopic (exact) mass is 318 g/mol. The number of benzene rings is 1. The number of hydrogen-bond donors (Lipinski definition) is 0. The minimum Gasteiger partial charge on any atom is -0.466 e. The van der Waals surface area contributed by atoms with E-state index in [2.05, 4.69) is 9.47 Å². The zero-order valence-electron chi connectivity index (χ0n) is 11.1. The van der Waals surface area contributed by atoms with E-state index in [0.717, 1.165) is 12.1 Å². The molecule has 1 rings (SSSR count). The summed E-state index contributed by atoms with van der Waals surface area (Å²) >= 11 is 0. The minimum atomic E-state index is -5.20. The van der Waals surface area contributed by atoms with E-state index < -0.39 is 40.7 Å². The van der Waals surface area contributed by atoms with E-state index in [1.165, 1.54) is 6.07 Å². The Kier molecular flexibility index (Phi) is 5.28. The Bertz CT molecular complexity index is 637. The summed E-state index contributed by atoms with van der Waals surface area (Å²) in [6, 6.07) is 3.02. The molecule has 0 fully saturated rings. The third-order valence-electron chi connectivity index (χ3n) is 2.32. The molecule has 10 heteroatoms. The molecule has 0 aliphatic carbocycles. The fourth-order valence-corrected chi connectivity index (χ4v) is 1.59. The van der Waals surface area contributed by atoms with Crippen molar-refractivity contribution in [2.45, 2.75) is 19.7 Å². The van der Waals surface area contributed by atoms with Crippen LogP contribution in [0, 0.1) is 21.4 Å². The number of nitriles is 1. The van der Waals surface area contributed by atoms with Crippen molar-refractivity contribution < 1.29 is 32.4 Å². The van der Waals surface area contributed by atoms with E-state index >= 15 is 0 Å². The molecule has 0 N–H and O–H groups in total. The molecule has 0 aliphatic rings. The summed E-state index contributed by atoms with van der Waals surface area (Å²) in [5.41, 5.74) is -1.79. The van der Waals surface area contributed by atoms with Crippen LogP contribution in [-0.4, -0.2) is 23.9 Å². The summed E-state index contributed by atoms with van der Waals surface area (Å²) < 4.78 is 45.0.